The van der Waals surface area contributed by atoms with E-state index in [9.17, 15) is 0 Å². The average molecular weight is 894 g/mol. The van der Waals surface area contributed by atoms with Crippen LogP contribution in [0.25, 0.3) is 33.2 Å². The van der Waals surface area contributed by atoms with Crippen LogP contribution in [0.2, 0.25) is 19.6 Å². The molecule has 1 radical (unpaired) electrons. The molecule has 2 aromatic heterocycles. The van der Waals surface area contributed by atoms with Gasteiger partial charge in [-0.2, -0.15) is 0 Å². The molecule has 3 nitrogen and oxygen atoms in total. The standard InChI is InChI=1S/C28H20NO.C20H28NSi.Ir/c1-17-9-7-10-18(2)25(17)26-21-12-3-5-15-23(21)29-27(26)22-14-8-13-20-19-11-4-6-16-24(19)30-28(20)22;1-15-8-10-16(11-9-15)18-12-17(13-20(2,3)4)19(14-21-18)22(5,6)7;/h3-13,15-16,26H,1-2H3;8-10,12,14H,13H2,1-7H3;/q2*-1;/i;1D3,13D2;. The molecule has 0 fully saturated rings. The zero-order valence-electron chi connectivity index (χ0n) is 36.6. The normalized spacial score (nSPS) is 15.9. The Balaban J connectivity index is 0.000000194. The molecule has 1 unspecified atom stereocenters. The number of rotatable bonds is 5. The van der Waals surface area contributed by atoms with Crippen LogP contribution in [0, 0.1) is 38.2 Å². The van der Waals surface area contributed by atoms with Crippen molar-refractivity contribution in [1.29, 1.82) is 0 Å². The van der Waals surface area contributed by atoms with Crippen molar-refractivity contribution in [3.05, 3.63) is 160 Å². The number of benzene rings is 5. The summed E-state index contributed by atoms with van der Waals surface area (Å²) >= 11 is 0. The Hall–Kier alpha value is -4.41. The van der Waals surface area contributed by atoms with E-state index in [0.29, 0.717) is 16.8 Å². The van der Waals surface area contributed by atoms with Gasteiger partial charge in [-0.15, -0.1) is 53.6 Å². The number of nitrogens with zero attached hydrogens (tertiary/aromatic N) is 2. The Morgan fingerprint density at radius 3 is 2.30 bits per heavy atom. The summed E-state index contributed by atoms with van der Waals surface area (Å²) in [5.74, 6) is 0.0671. The summed E-state index contributed by atoms with van der Waals surface area (Å²) in [5.41, 5.74) is 11.5. The second kappa shape index (κ2) is 15.1. The zero-order chi connectivity index (χ0) is 41.1. The smallest absolute Gasteiger partial charge is 0.120 e. The van der Waals surface area contributed by atoms with E-state index in [1.54, 1.807) is 18.3 Å². The topological polar surface area (TPSA) is 38.4 Å². The summed E-state index contributed by atoms with van der Waals surface area (Å²) in [7, 11) is -1.81. The number of fused-ring (bicyclic) bond motifs is 4. The zero-order valence-corrected chi connectivity index (χ0v) is 35.0. The van der Waals surface area contributed by atoms with Gasteiger partial charge in [0, 0.05) is 44.5 Å². The van der Waals surface area contributed by atoms with Crippen LogP contribution < -0.4 is 5.19 Å². The summed E-state index contributed by atoms with van der Waals surface area (Å²) in [6.07, 6.45) is 0.269. The molecule has 3 heterocycles. The molecule has 1 aliphatic rings. The van der Waals surface area contributed by atoms with Crippen LogP contribution in [0.3, 0.4) is 0 Å². The number of furan rings is 1. The van der Waals surface area contributed by atoms with Gasteiger partial charge in [-0.1, -0.05) is 124 Å². The van der Waals surface area contributed by atoms with E-state index in [-0.39, 0.29) is 31.6 Å². The van der Waals surface area contributed by atoms with E-state index in [1.165, 1.54) is 28.3 Å². The quantitative estimate of drug-likeness (QED) is 0.128. The SMILES string of the molecule is Cc1cccc(C)c1C1C(c2[c-]ccc3c2oc2ccccc23)=Nc2ccccc21.[2H]C([2H])([2H])c1c[c-]c(-c2cc(C([2H])([2H])C(C)(C)C)c([Si](C)(C)C)cn2)cc1.[Ir]. The van der Waals surface area contributed by atoms with Crippen LogP contribution in [0.5, 0.6) is 0 Å². The van der Waals surface area contributed by atoms with E-state index in [0.717, 1.165) is 44.1 Å². The second-order valence-corrected chi connectivity index (χ2v) is 20.8. The van der Waals surface area contributed by atoms with Crippen molar-refractivity contribution in [3.8, 4) is 11.3 Å². The van der Waals surface area contributed by atoms with Crippen molar-refractivity contribution in [2.45, 2.75) is 73.4 Å². The molecule has 5 aromatic carbocycles. The van der Waals surface area contributed by atoms with Crippen molar-refractivity contribution < 1.29 is 31.4 Å². The first kappa shape index (κ1) is 32.1. The molecular formula is C48H48IrN2OSi-2. The summed E-state index contributed by atoms with van der Waals surface area (Å²) < 4.78 is 46.4. The largest absolute Gasteiger partial charge is 0.501 e. The number of pyridine rings is 1. The van der Waals surface area contributed by atoms with Gasteiger partial charge in [-0.05, 0) is 76.6 Å². The van der Waals surface area contributed by atoms with Gasteiger partial charge in [0.2, 0.25) is 0 Å². The van der Waals surface area contributed by atoms with Gasteiger partial charge < -0.3 is 9.40 Å². The Kier molecular flexibility index (Phi) is 9.16. The Bertz CT molecular complexity index is 2630. The first-order valence-electron chi connectivity index (χ1n) is 20.4. The van der Waals surface area contributed by atoms with E-state index < -0.39 is 26.7 Å². The molecule has 1 atom stereocenters. The number of para-hydroxylation sites is 2. The van der Waals surface area contributed by atoms with Gasteiger partial charge in [0.1, 0.15) is 5.58 Å². The molecule has 0 saturated heterocycles. The maximum absolute atomic E-state index is 8.79. The number of hydrogen-bond acceptors (Lipinski definition) is 3. The molecule has 1 aliphatic heterocycles. The Morgan fingerprint density at radius 2 is 1.60 bits per heavy atom. The van der Waals surface area contributed by atoms with Crippen molar-refractivity contribution in [1.82, 2.24) is 4.98 Å². The molecule has 0 aliphatic carbocycles. The molecule has 8 rings (SSSR count). The van der Waals surface area contributed by atoms with Gasteiger partial charge >= 0.3 is 0 Å². The molecule has 0 bridgehead atoms. The van der Waals surface area contributed by atoms with E-state index >= 15 is 0 Å². The molecule has 0 saturated carbocycles. The van der Waals surface area contributed by atoms with Crippen LogP contribution in [0.4, 0.5) is 5.69 Å². The predicted octanol–water partition coefficient (Wildman–Crippen LogP) is 12.3. The molecule has 7 aromatic rings. The monoisotopic (exact) mass is 894 g/mol. The van der Waals surface area contributed by atoms with Gasteiger partial charge in [-0.3, -0.25) is 4.99 Å². The average Bonchev–Trinajstić information content (AvgIpc) is 3.73. The third kappa shape index (κ3) is 7.94. The molecule has 5 heteroatoms. The fourth-order valence-electron chi connectivity index (χ4n) is 7.12. The minimum atomic E-state index is -2.17. The van der Waals surface area contributed by atoms with E-state index in [2.05, 4.69) is 111 Å². The minimum absolute atomic E-state index is 0. The summed E-state index contributed by atoms with van der Waals surface area (Å²) in [6.45, 7) is 14.5. The predicted molar refractivity (Wildman–Crippen MR) is 222 cm³/mol. The minimum Gasteiger partial charge on any atom is -0.501 e. The van der Waals surface area contributed by atoms with E-state index in [1.807, 2.05) is 45.0 Å². The van der Waals surface area contributed by atoms with Gasteiger partial charge in [0.15, 0.2) is 0 Å². The molecule has 0 spiro atoms. The summed E-state index contributed by atoms with van der Waals surface area (Å²) in [5, 5.41) is 3.24. The first-order valence-corrected chi connectivity index (χ1v) is 21.4. The fourth-order valence-corrected chi connectivity index (χ4v) is 8.52. The fraction of sp³-hybridized carbons (Fsp3) is 0.250. The molecule has 0 N–H and O–H groups in total. The van der Waals surface area contributed by atoms with Crippen LogP contribution >= 0.6 is 0 Å². The third-order valence-corrected chi connectivity index (χ3v) is 11.5. The summed E-state index contributed by atoms with van der Waals surface area (Å²) in [6, 6.07) is 40.2. The summed E-state index contributed by atoms with van der Waals surface area (Å²) in [4.78, 5) is 9.67. The van der Waals surface area contributed by atoms with Crippen molar-refractivity contribution in [3.63, 3.8) is 0 Å². The molecular weight excluding hydrogens is 841 g/mol. The molecule has 0 amide bonds. The number of aromatic nitrogens is 1. The second-order valence-electron chi connectivity index (χ2n) is 15.7. The molecule has 271 valence electrons. The maximum atomic E-state index is 8.79. The van der Waals surface area contributed by atoms with Crippen molar-refractivity contribution in [2.24, 2.45) is 10.4 Å². The maximum Gasteiger partial charge on any atom is 0.120 e. The van der Waals surface area contributed by atoms with Gasteiger partial charge in [0.05, 0.1) is 19.3 Å². The van der Waals surface area contributed by atoms with Crippen molar-refractivity contribution in [2.75, 3.05) is 0 Å². The third-order valence-electron chi connectivity index (χ3n) is 9.50. The number of hydrogen-bond donors (Lipinski definition) is 0. The first-order chi connectivity index (χ1) is 26.8. The van der Waals surface area contributed by atoms with Crippen molar-refractivity contribution >= 4 is 46.6 Å². The Morgan fingerprint density at radius 1 is 0.868 bits per heavy atom. The van der Waals surface area contributed by atoms with Crippen LogP contribution in [0.1, 0.15) is 72.5 Å². The number of aryl methyl sites for hydroxylation is 3. The van der Waals surface area contributed by atoms with Crippen LogP contribution in [-0.2, 0) is 26.5 Å². The van der Waals surface area contributed by atoms with Crippen LogP contribution in [0.15, 0.2) is 119 Å². The molecule has 53 heavy (non-hydrogen) atoms. The van der Waals surface area contributed by atoms with E-state index in [4.69, 9.17) is 16.3 Å². The van der Waals surface area contributed by atoms with Crippen LogP contribution in [-0.4, -0.2) is 18.8 Å². The van der Waals surface area contributed by atoms with Gasteiger partial charge in [0.25, 0.3) is 0 Å². The Labute approximate surface area is 337 Å². The van der Waals surface area contributed by atoms with Gasteiger partial charge in [-0.25, -0.2) is 0 Å². The number of aliphatic imine (C=N–C) groups is 1.